The average molecular weight is 1800 g/mol. The Labute approximate surface area is 697 Å². The van der Waals surface area contributed by atoms with Gasteiger partial charge in [-0.25, -0.2) is 14.4 Å². The van der Waals surface area contributed by atoms with Crippen molar-refractivity contribution < 1.29 is 19.0 Å². The van der Waals surface area contributed by atoms with Crippen molar-refractivity contribution in [2.24, 2.45) is 0 Å². The minimum absolute atomic E-state index is 0.155. The largest absolute Gasteiger partial charge is 0.508 e. The average Bonchev–Trinajstić information content (AvgIpc) is 1.66. The zero-order chi connectivity index (χ0) is 84.2. The number of hydrogen-bond donors (Lipinski definition) is 13. The highest BCUT2D eigenvalue weighted by Crippen LogP contribution is 2.61. The number of nitriles is 5. The van der Waals surface area contributed by atoms with Crippen molar-refractivity contribution in [2.45, 2.75) is 32.9 Å². The summed E-state index contributed by atoms with van der Waals surface area (Å²) in [5.41, 5.74) is 17.3. The molecule has 10 heterocycles. The molecular formula is C73H58Cl4IN29O6PS2+. The number of thioether (sulfide) groups is 1. The smallest absolute Gasteiger partial charge is 0.339 e. The second kappa shape index (κ2) is 42.1. The second-order valence-electron chi connectivity index (χ2n) is 23.0. The number of alkyl halides is 1. The van der Waals surface area contributed by atoms with Gasteiger partial charge < -0.3 is 36.2 Å². The number of aryl methyl sites for hydroxylation is 4. The Hall–Kier alpha value is -13.9. The molecule has 0 atom stereocenters. The van der Waals surface area contributed by atoms with Crippen LogP contribution in [-0.2, 0) is 4.57 Å². The molecule has 0 radical (unpaired) electrons. The number of rotatable bonds is 8. The monoisotopic (exact) mass is 1800 g/mol. The van der Waals surface area contributed by atoms with Gasteiger partial charge in [-0.1, -0.05) is 50.9 Å². The van der Waals surface area contributed by atoms with Crippen molar-refractivity contribution in [1.29, 1.82) is 26.3 Å². The van der Waals surface area contributed by atoms with Gasteiger partial charge >= 0.3 is 11.1 Å². The van der Waals surface area contributed by atoms with Crippen molar-refractivity contribution >= 4 is 187 Å². The molecule has 43 heteroatoms. The highest BCUT2D eigenvalue weighted by molar-refractivity contribution is 14.1. The number of fused-ring (bicyclic) bond motifs is 5. The molecule has 35 nitrogen and oxygen atoms in total. The molecule has 16 rings (SSSR count). The number of aromatic nitrogens is 20. The maximum Gasteiger partial charge on any atom is 0.339 e. The number of nitrogens with zero attached hydrogens (tertiary/aromatic N) is 17. The molecule has 6 aromatic carbocycles. The van der Waals surface area contributed by atoms with Gasteiger partial charge in [0.1, 0.15) is 44.1 Å². The molecule has 0 aliphatic heterocycles. The van der Waals surface area contributed by atoms with Crippen LogP contribution in [0.2, 0.25) is 5.15 Å². The Kier molecular flexibility index (Phi) is 31.8. The third kappa shape index (κ3) is 24.8. The quantitative estimate of drug-likeness (QED) is 0.00642. The van der Waals surface area contributed by atoms with Crippen LogP contribution >= 0.6 is 97.1 Å². The van der Waals surface area contributed by atoms with Gasteiger partial charge in [-0.2, -0.15) is 66.8 Å². The number of hydrogen-bond acceptors (Lipinski definition) is 26. The van der Waals surface area contributed by atoms with E-state index in [0.29, 0.717) is 122 Å². The molecule has 116 heavy (non-hydrogen) atoms. The summed E-state index contributed by atoms with van der Waals surface area (Å²) in [6.45, 7) is 14.1. The summed E-state index contributed by atoms with van der Waals surface area (Å²) in [5.74, 6) is 2.06. The minimum atomic E-state index is -3.22. The van der Waals surface area contributed by atoms with Crippen molar-refractivity contribution in [3.05, 3.63) is 261 Å². The third-order valence-corrected chi connectivity index (χ3v) is 16.1. The van der Waals surface area contributed by atoms with Gasteiger partial charge in [-0.3, -0.25) is 49.3 Å². The van der Waals surface area contributed by atoms with Crippen LogP contribution in [0, 0.1) is 95.7 Å². The van der Waals surface area contributed by atoms with Crippen LogP contribution < -0.4 is 42.3 Å². The van der Waals surface area contributed by atoms with Crippen molar-refractivity contribution in [3.63, 3.8) is 0 Å². The highest BCUT2D eigenvalue weighted by atomic mass is 127. The van der Waals surface area contributed by atoms with E-state index in [1.165, 1.54) is 30.4 Å². The summed E-state index contributed by atoms with van der Waals surface area (Å²) in [6.07, 6.45) is 11.1. The lowest BCUT2D eigenvalue weighted by Crippen LogP contribution is -2.32. The fraction of sp³-hybridized carbons (Fsp3) is 0.0822. The number of anilines is 5. The predicted octanol–water partition coefficient (Wildman–Crippen LogP) is 15.5. The lowest BCUT2D eigenvalue weighted by molar-refractivity contribution is -0.573. The zero-order valence-electron chi connectivity index (χ0n) is 60.8. The SMILES string of the molecule is CI.CSc1nc2[nH]ncc2c(=O)[nH]1.Cc1cc(C#N)cc(C)c1Oc1nc[n+](-c2ccc(C#N)cc2)c2[nH]ncc12.N#Cc1ccc(N)cc1.N#Cc1ccc(Nc2nc(Cl)c3cn[nH]c3n2)cc1.N#Cc1ccc(Nc2nc3[nH]ncc3c(=O)[nH]2)cc1.O=P(Cl)(Cl)Cl.O=c1[nH]c(=S)[nH]c2[nH]ncc12.[C-]#[N+]c1cc(C)c(O)c(C)c1. The van der Waals surface area contributed by atoms with E-state index in [-0.39, 0.29) is 22.4 Å². The van der Waals surface area contributed by atoms with E-state index in [0.717, 1.165) is 50.3 Å². The number of benzene rings is 6. The number of aromatic amines is 9. The molecule has 582 valence electrons. The van der Waals surface area contributed by atoms with Crippen LogP contribution in [0.3, 0.4) is 0 Å². The van der Waals surface area contributed by atoms with E-state index in [1.807, 2.05) is 53.9 Å². The second-order valence-corrected chi connectivity index (χ2v) is 31.2. The summed E-state index contributed by atoms with van der Waals surface area (Å²) in [6, 6.07) is 45.0. The molecule has 0 unspecified atom stereocenters. The standard InChI is InChI=1S/C21H14N6O.C12H7ClN6.C12H8N6O.C9H9NO.C7H6N2.C6H6N4OS.C5H4N4OS.CH3I.Cl3OP/c1-13-7-16(10-23)8-14(2)19(13)28-21-18-11-25-26-20(18)27(12-24-21)17-5-3-15(9-22)4-6-17;13-10-9-6-15-19-11(9)18-12(17-10)16-8-3-1-7(5-14)2-4-8;13-5-7-1-3-8(4-2-7)15-12-16-10-9(6-14-18-10)11(19)17-12;1-6-4-8(10-3)5-7(2)9(6)11;8-5-6-1-3-7(9)4-2-6;1-12-6-8-4-3(2-7-10-4)5(11)9-6;10-4-2-1-6-9-3(2)7-5(11)8-4;1-2;1-5(2,3)4/h3-8,11-12H,1-2H3;1-4,6H,(H2,15,16,17,18,19);1-4,6H,(H3,14,15,16,17,18,19);4-5,11H,1-2H3;1-4H,9H2;2H,1H3,(H2,7,8,9,10,11);1H,(H3,6,7,8,9,10,11);1H3;/p+1. The third-order valence-electron chi connectivity index (χ3n) is 15.1. The fourth-order valence-corrected chi connectivity index (χ4v) is 10.5. The highest BCUT2D eigenvalue weighted by Gasteiger charge is 2.21. The number of H-pyrrole nitrogens is 9. The van der Waals surface area contributed by atoms with Gasteiger partial charge in [0.15, 0.2) is 37.9 Å². The molecule has 0 aliphatic rings. The van der Waals surface area contributed by atoms with E-state index < -0.39 is 5.20 Å². The van der Waals surface area contributed by atoms with Crippen LogP contribution in [0.25, 0.3) is 65.7 Å². The Morgan fingerprint density at radius 2 is 1.03 bits per heavy atom. The predicted molar refractivity (Wildman–Crippen MR) is 454 cm³/mol. The summed E-state index contributed by atoms with van der Waals surface area (Å²) in [5, 5.41) is 92.4. The molecule has 0 saturated carbocycles. The summed E-state index contributed by atoms with van der Waals surface area (Å²) < 4.78 is 17.8. The molecule has 0 aliphatic carbocycles. The topological polar surface area (TPSA) is 546 Å². The number of phenolic OH excluding ortho intramolecular Hbond substituents is 1. The van der Waals surface area contributed by atoms with E-state index in [4.69, 9.17) is 67.2 Å². The summed E-state index contributed by atoms with van der Waals surface area (Å²) >= 11 is 28.1. The number of ether oxygens (including phenoxy) is 1. The van der Waals surface area contributed by atoms with Crippen molar-refractivity contribution in [1.82, 2.24) is 95.8 Å². The fourth-order valence-electron chi connectivity index (χ4n) is 9.73. The number of aromatic hydroxyl groups is 1. The molecule has 0 fully saturated rings. The van der Waals surface area contributed by atoms with Gasteiger partial charge in [0.25, 0.3) is 22.3 Å². The number of halogens is 5. The molecule has 10 aromatic heterocycles. The molecule has 16 aromatic rings. The molecule has 0 bridgehead atoms. The number of nitrogens with two attached hydrogens (primary N) is 1. The zero-order valence-corrected chi connectivity index (χ0v) is 68.5. The maximum atomic E-state index is 11.7. The van der Waals surface area contributed by atoms with Crippen LogP contribution in [0.15, 0.2) is 178 Å². The Morgan fingerprint density at radius 3 is 1.55 bits per heavy atom. The number of nitrogen functional groups attached to an aromatic ring is 1. The first-order valence-electron chi connectivity index (χ1n) is 32.6. The van der Waals surface area contributed by atoms with Gasteiger partial charge in [-0.15, -0.1) is 5.10 Å². The summed E-state index contributed by atoms with van der Waals surface area (Å²) in [7, 11) is 0. The molecule has 14 N–H and O–H groups in total. The lowest BCUT2D eigenvalue weighted by atomic mass is 10.1. The number of phenols is 1. The Balaban J connectivity index is 0.000000172. The molecule has 0 spiro atoms. The van der Waals surface area contributed by atoms with Crippen LogP contribution in [0.5, 0.6) is 17.4 Å². The van der Waals surface area contributed by atoms with Gasteiger partial charge in [0.05, 0.1) is 101 Å². The number of nitrogens with one attached hydrogen (secondary N) is 11. The minimum Gasteiger partial charge on any atom is -0.508 e. The lowest BCUT2D eigenvalue weighted by Gasteiger charge is -2.11. The van der Waals surface area contributed by atoms with Crippen LogP contribution in [0.1, 0.15) is 50.1 Å². The van der Waals surface area contributed by atoms with E-state index in [9.17, 15) is 24.1 Å². The first kappa shape index (κ1) is 87.7. The van der Waals surface area contributed by atoms with Crippen molar-refractivity contribution in [3.8, 4) is 53.4 Å². The first-order valence-corrected chi connectivity index (χ1v) is 41.2. The first-order chi connectivity index (χ1) is 55.7. The normalized spacial score (nSPS) is 10.1. The van der Waals surface area contributed by atoms with E-state index >= 15 is 0 Å². The van der Waals surface area contributed by atoms with Gasteiger partial charge in [0.2, 0.25) is 18.2 Å². The van der Waals surface area contributed by atoms with Gasteiger partial charge in [-0.05, 0) is 228 Å². The molecular weight excluding hydrogens is 1740 g/mol. The maximum absolute atomic E-state index is 11.7. The van der Waals surface area contributed by atoms with Crippen LogP contribution in [0.4, 0.5) is 34.6 Å². The van der Waals surface area contributed by atoms with Gasteiger partial charge in [0, 0.05) is 17.1 Å². The molecule has 0 amide bonds. The van der Waals surface area contributed by atoms with Crippen molar-refractivity contribution in [2.75, 3.05) is 27.6 Å². The molecule has 0 saturated heterocycles. The Morgan fingerprint density at radius 1 is 0.578 bits per heavy atom. The summed E-state index contributed by atoms with van der Waals surface area (Å²) in [4.78, 5) is 70.8. The van der Waals surface area contributed by atoms with Crippen LogP contribution in [-0.4, -0.2) is 112 Å². The van der Waals surface area contributed by atoms with E-state index in [1.54, 1.807) is 142 Å². The van der Waals surface area contributed by atoms with E-state index in [2.05, 4.69) is 186 Å². The Bertz CT molecular complexity index is 6670.